The minimum atomic E-state index is -0.741. The first-order chi connectivity index (χ1) is 11.9. The molecule has 1 fully saturated rings. The Morgan fingerprint density at radius 1 is 1.04 bits per heavy atom. The number of carbonyl (C=O) groups is 2. The minimum Gasteiger partial charge on any atom is -0.481 e. The second kappa shape index (κ2) is 8.73. The summed E-state index contributed by atoms with van der Waals surface area (Å²) in [6, 6.07) is 0. The molecule has 0 bridgehead atoms. The molecule has 0 spiro atoms. The van der Waals surface area contributed by atoms with Crippen molar-refractivity contribution in [2.24, 2.45) is 11.3 Å². The maximum absolute atomic E-state index is 12.2. The van der Waals surface area contributed by atoms with E-state index in [-0.39, 0.29) is 23.4 Å². The van der Waals surface area contributed by atoms with Crippen molar-refractivity contribution in [3.63, 3.8) is 0 Å². The predicted octanol–water partition coefficient (Wildman–Crippen LogP) is 4.79. The molecule has 1 saturated heterocycles. The van der Waals surface area contributed by atoms with E-state index in [1.54, 1.807) is 0 Å². The highest BCUT2D eigenvalue weighted by Gasteiger charge is 2.54. The molecule has 1 aliphatic rings. The van der Waals surface area contributed by atoms with Gasteiger partial charge in [-0.25, -0.2) is 0 Å². The summed E-state index contributed by atoms with van der Waals surface area (Å²) >= 11 is 0. The summed E-state index contributed by atoms with van der Waals surface area (Å²) < 4.78 is 0. The van der Waals surface area contributed by atoms with Crippen molar-refractivity contribution >= 4 is 11.9 Å². The van der Waals surface area contributed by atoms with Crippen LogP contribution < -0.4 is 0 Å². The van der Waals surface area contributed by atoms with Crippen LogP contribution in [0.1, 0.15) is 92.4 Å². The van der Waals surface area contributed by atoms with E-state index in [2.05, 4.69) is 39.6 Å². The Balaban J connectivity index is 2.69. The van der Waals surface area contributed by atoms with E-state index in [0.717, 1.165) is 38.5 Å². The lowest BCUT2D eigenvalue weighted by Gasteiger charge is -2.58. The Kier molecular flexibility index (Phi) is 7.70. The molecule has 1 rings (SSSR count). The molecule has 2 N–H and O–H groups in total. The summed E-state index contributed by atoms with van der Waals surface area (Å²) in [7, 11) is 2.12. The average Bonchev–Trinajstić information content (AvgIpc) is 2.51. The normalized spacial score (nSPS) is 24.8. The van der Waals surface area contributed by atoms with E-state index >= 15 is 0 Å². The summed E-state index contributed by atoms with van der Waals surface area (Å²) in [6.07, 6.45) is 7.30. The third-order valence-electron chi connectivity index (χ3n) is 7.01. The van der Waals surface area contributed by atoms with Crippen molar-refractivity contribution in [3.8, 4) is 0 Å². The van der Waals surface area contributed by atoms with Gasteiger partial charge in [0.2, 0.25) is 0 Å². The number of piperidine rings is 1. The lowest BCUT2D eigenvalue weighted by molar-refractivity contribution is -0.163. The fraction of sp³-hybridized carbons (Fsp3) is 0.905. The fourth-order valence-electron chi connectivity index (χ4n) is 4.86. The smallest absolute Gasteiger partial charge is 0.309 e. The highest BCUT2D eigenvalue weighted by atomic mass is 16.4. The number of aliphatic carboxylic acids is 2. The molecule has 0 aromatic carbocycles. The molecular formula is C21H39NO4. The van der Waals surface area contributed by atoms with Crippen LogP contribution in [0, 0.1) is 11.3 Å². The number of hydrogen-bond acceptors (Lipinski definition) is 3. The van der Waals surface area contributed by atoms with E-state index in [1.807, 2.05) is 6.92 Å². The standard InChI is InChI=1S/C21H39NO4/c1-19(2)15-13-16(20(3,4)22(19)6)21(5,18(25)26)14-11-9-7-8-10-12-17(23)24/h16H,7-15H2,1-6H3,(H,23,24)(H,25,26). The highest BCUT2D eigenvalue weighted by Crippen LogP contribution is 2.50. The molecule has 0 radical (unpaired) electrons. The van der Waals surface area contributed by atoms with E-state index in [4.69, 9.17) is 5.11 Å². The van der Waals surface area contributed by atoms with Crippen LogP contribution in [0.4, 0.5) is 0 Å². The fourth-order valence-corrected chi connectivity index (χ4v) is 4.86. The van der Waals surface area contributed by atoms with Gasteiger partial charge in [-0.1, -0.05) is 25.7 Å². The second-order valence-corrected chi connectivity index (χ2v) is 9.50. The van der Waals surface area contributed by atoms with Crippen molar-refractivity contribution in [3.05, 3.63) is 0 Å². The van der Waals surface area contributed by atoms with Crippen molar-refractivity contribution in [1.82, 2.24) is 4.90 Å². The Morgan fingerprint density at radius 2 is 1.58 bits per heavy atom. The SMILES string of the molecule is CN1C(C)(C)CCC(C(C)(CCCCCCCC(=O)O)C(=O)O)C1(C)C. The maximum Gasteiger partial charge on any atom is 0.309 e. The lowest BCUT2D eigenvalue weighted by Crippen LogP contribution is -2.64. The Bertz CT molecular complexity index is 500. The summed E-state index contributed by atoms with van der Waals surface area (Å²) in [5, 5.41) is 18.7. The first-order valence-electron chi connectivity index (χ1n) is 10.0. The molecule has 1 aliphatic heterocycles. The topological polar surface area (TPSA) is 77.8 Å². The molecule has 2 unspecified atom stereocenters. The van der Waals surface area contributed by atoms with Crippen LogP contribution in [0.5, 0.6) is 0 Å². The molecular weight excluding hydrogens is 330 g/mol. The summed E-state index contributed by atoms with van der Waals surface area (Å²) in [4.78, 5) is 25.1. The van der Waals surface area contributed by atoms with Crippen LogP contribution in [-0.2, 0) is 9.59 Å². The zero-order valence-electron chi connectivity index (χ0n) is 17.6. The Hall–Kier alpha value is -1.10. The van der Waals surface area contributed by atoms with Gasteiger partial charge in [0.1, 0.15) is 0 Å². The van der Waals surface area contributed by atoms with Crippen LogP contribution in [-0.4, -0.2) is 45.2 Å². The van der Waals surface area contributed by atoms with E-state index in [0.29, 0.717) is 12.8 Å². The van der Waals surface area contributed by atoms with Crippen LogP contribution in [0.2, 0.25) is 0 Å². The molecule has 0 aromatic rings. The zero-order valence-corrected chi connectivity index (χ0v) is 17.6. The minimum absolute atomic E-state index is 0.0869. The average molecular weight is 370 g/mol. The number of unbranched alkanes of at least 4 members (excludes halogenated alkanes) is 4. The molecule has 5 nitrogen and oxygen atoms in total. The molecule has 152 valence electrons. The number of rotatable bonds is 10. The van der Waals surface area contributed by atoms with Gasteiger partial charge in [0.15, 0.2) is 0 Å². The van der Waals surface area contributed by atoms with Gasteiger partial charge in [0, 0.05) is 17.5 Å². The highest BCUT2D eigenvalue weighted by molar-refractivity contribution is 5.75. The van der Waals surface area contributed by atoms with Gasteiger partial charge in [-0.15, -0.1) is 0 Å². The van der Waals surface area contributed by atoms with Crippen molar-refractivity contribution in [1.29, 1.82) is 0 Å². The Labute approximate surface area is 159 Å². The molecule has 1 heterocycles. The molecule has 0 aliphatic carbocycles. The van der Waals surface area contributed by atoms with E-state index in [1.165, 1.54) is 0 Å². The van der Waals surface area contributed by atoms with Gasteiger partial charge >= 0.3 is 11.9 Å². The monoisotopic (exact) mass is 369 g/mol. The number of nitrogens with zero attached hydrogens (tertiary/aromatic N) is 1. The number of carboxylic acids is 2. The predicted molar refractivity (Wildman–Crippen MR) is 104 cm³/mol. The van der Waals surface area contributed by atoms with Crippen molar-refractivity contribution in [2.45, 2.75) is 103 Å². The third-order valence-corrected chi connectivity index (χ3v) is 7.01. The molecule has 26 heavy (non-hydrogen) atoms. The molecule has 5 heteroatoms. The lowest BCUT2D eigenvalue weighted by atomic mass is 9.59. The second-order valence-electron chi connectivity index (χ2n) is 9.50. The summed E-state index contributed by atoms with van der Waals surface area (Å²) in [6.45, 7) is 10.8. The summed E-state index contributed by atoms with van der Waals surface area (Å²) in [5.41, 5.74) is -0.810. The molecule has 0 saturated carbocycles. The quantitative estimate of drug-likeness (QED) is 0.541. The number of likely N-dealkylation sites (tertiary alicyclic amines) is 1. The van der Waals surface area contributed by atoms with Gasteiger partial charge in [0.05, 0.1) is 5.41 Å². The number of carboxylic acid groups (broad SMARTS) is 2. The van der Waals surface area contributed by atoms with E-state index in [9.17, 15) is 14.7 Å². The zero-order chi connectivity index (χ0) is 20.2. The number of hydrogen-bond donors (Lipinski definition) is 2. The first-order valence-corrected chi connectivity index (χ1v) is 10.0. The van der Waals surface area contributed by atoms with Gasteiger partial charge in [-0.3, -0.25) is 14.5 Å². The van der Waals surface area contributed by atoms with Crippen molar-refractivity contribution in [2.75, 3.05) is 7.05 Å². The Morgan fingerprint density at radius 3 is 2.12 bits per heavy atom. The van der Waals surface area contributed by atoms with E-state index < -0.39 is 17.4 Å². The van der Waals surface area contributed by atoms with Crippen LogP contribution in [0.25, 0.3) is 0 Å². The summed E-state index contributed by atoms with van der Waals surface area (Å²) in [5.74, 6) is -1.32. The van der Waals surface area contributed by atoms with Gasteiger partial charge in [-0.05, 0) is 73.3 Å². The van der Waals surface area contributed by atoms with Crippen LogP contribution in [0.3, 0.4) is 0 Å². The van der Waals surface area contributed by atoms with Crippen LogP contribution >= 0.6 is 0 Å². The molecule has 0 aromatic heterocycles. The molecule has 2 atom stereocenters. The largest absolute Gasteiger partial charge is 0.481 e. The molecule has 0 amide bonds. The first kappa shape index (κ1) is 22.9. The third kappa shape index (κ3) is 5.21. The van der Waals surface area contributed by atoms with Gasteiger partial charge in [-0.2, -0.15) is 0 Å². The van der Waals surface area contributed by atoms with Crippen molar-refractivity contribution < 1.29 is 19.8 Å². The van der Waals surface area contributed by atoms with Gasteiger partial charge in [0.25, 0.3) is 0 Å². The van der Waals surface area contributed by atoms with Crippen LogP contribution in [0.15, 0.2) is 0 Å². The maximum atomic E-state index is 12.2. The van der Waals surface area contributed by atoms with Gasteiger partial charge < -0.3 is 10.2 Å².